The molecule has 0 unspecified atom stereocenters. The first-order chi connectivity index (χ1) is 3.92. The summed E-state index contributed by atoms with van der Waals surface area (Å²) in [6, 6.07) is 0. The molecule has 4 heteroatoms. The van der Waals surface area contributed by atoms with Crippen LogP contribution in [-0.4, -0.2) is 14.2 Å². The van der Waals surface area contributed by atoms with Gasteiger partial charge in [0.2, 0.25) is 10.0 Å². The first-order valence-corrected chi connectivity index (χ1v) is 4.43. The SMILES string of the molecule is C[C](C)CCS(N)(=O)=O. The summed E-state index contributed by atoms with van der Waals surface area (Å²) in [6.07, 6.45) is 0.568. The van der Waals surface area contributed by atoms with Crippen LogP contribution in [0.5, 0.6) is 0 Å². The Morgan fingerprint density at radius 2 is 1.89 bits per heavy atom. The topological polar surface area (TPSA) is 60.2 Å². The highest BCUT2D eigenvalue weighted by Crippen LogP contribution is 2.02. The molecule has 0 saturated heterocycles. The molecule has 0 fully saturated rings. The van der Waals surface area contributed by atoms with E-state index in [2.05, 4.69) is 0 Å². The van der Waals surface area contributed by atoms with E-state index in [1.54, 1.807) is 0 Å². The van der Waals surface area contributed by atoms with Crippen LogP contribution >= 0.6 is 0 Å². The van der Waals surface area contributed by atoms with E-state index in [0.29, 0.717) is 6.42 Å². The molecule has 9 heavy (non-hydrogen) atoms. The molecule has 0 rings (SSSR count). The highest BCUT2D eigenvalue weighted by atomic mass is 32.2. The molecule has 0 amide bonds. The molecule has 0 bridgehead atoms. The average Bonchev–Trinajstić information content (AvgIpc) is 1.59. The maximum atomic E-state index is 10.3. The summed E-state index contributed by atoms with van der Waals surface area (Å²) in [5.74, 6) is 1.15. The minimum absolute atomic E-state index is 0.0648. The predicted molar refractivity (Wildman–Crippen MR) is 37.2 cm³/mol. The van der Waals surface area contributed by atoms with E-state index in [9.17, 15) is 8.42 Å². The second kappa shape index (κ2) is 3.17. The zero-order valence-corrected chi connectivity index (χ0v) is 6.53. The normalized spacial score (nSPS) is 12.4. The standard InChI is InChI=1S/C5H12NO2S/c1-5(2)3-4-9(6,7)8/h3-4H2,1-2H3,(H2,6,7,8). The lowest BCUT2D eigenvalue weighted by molar-refractivity contribution is 0.595. The van der Waals surface area contributed by atoms with Crippen LogP contribution in [0.25, 0.3) is 0 Å². The Morgan fingerprint density at radius 3 is 2.00 bits per heavy atom. The third kappa shape index (κ3) is 7.91. The van der Waals surface area contributed by atoms with Gasteiger partial charge in [0, 0.05) is 0 Å². The van der Waals surface area contributed by atoms with E-state index >= 15 is 0 Å². The average molecular weight is 150 g/mol. The molecule has 0 atom stereocenters. The number of hydrogen-bond donors (Lipinski definition) is 1. The highest BCUT2D eigenvalue weighted by Gasteiger charge is 2.03. The second-order valence-electron chi connectivity index (χ2n) is 2.32. The van der Waals surface area contributed by atoms with Crippen LogP contribution in [0, 0.1) is 5.92 Å². The molecule has 1 radical (unpaired) electrons. The van der Waals surface area contributed by atoms with Gasteiger partial charge in [-0.3, -0.25) is 0 Å². The summed E-state index contributed by atoms with van der Waals surface area (Å²) in [6.45, 7) is 3.76. The maximum Gasteiger partial charge on any atom is 0.209 e. The Bertz CT molecular complexity index is 160. The van der Waals surface area contributed by atoms with Gasteiger partial charge >= 0.3 is 0 Å². The first kappa shape index (κ1) is 8.91. The van der Waals surface area contributed by atoms with Crippen LogP contribution in [0.3, 0.4) is 0 Å². The molecule has 0 aliphatic heterocycles. The Hall–Kier alpha value is -0.0900. The molecular formula is C5H12NO2S. The highest BCUT2D eigenvalue weighted by molar-refractivity contribution is 7.89. The number of sulfonamides is 1. The molecule has 2 N–H and O–H groups in total. The summed E-state index contributed by atoms with van der Waals surface area (Å²) >= 11 is 0. The first-order valence-electron chi connectivity index (χ1n) is 2.71. The lowest BCUT2D eigenvalue weighted by Gasteiger charge is -1.99. The Balaban J connectivity index is 3.53. The molecule has 0 aromatic carbocycles. The van der Waals surface area contributed by atoms with Crippen LogP contribution in [0.15, 0.2) is 0 Å². The molecule has 55 valence electrons. The van der Waals surface area contributed by atoms with Crippen molar-refractivity contribution in [2.75, 3.05) is 5.75 Å². The maximum absolute atomic E-state index is 10.3. The summed E-state index contributed by atoms with van der Waals surface area (Å²) in [7, 11) is -3.24. The molecule has 0 spiro atoms. The summed E-state index contributed by atoms with van der Waals surface area (Å²) in [4.78, 5) is 0. The van der Waals surface area contributed by atoms with Crippen molar-refractivity contribution in [2.45, 2.75) is 20.3 Å². The molecule has 3 nitrogen and oxygen atoms in total. The minimum atomic E-state index is -3.24. The van der Waals surface area contributed by atoms with Gasteiger partial charge in [0.25, 0.3) is 0 Å². The smallest absolute Gasteiger partial charge is 0.209 e. The zero-order valence-electron chi connectivity index (χ0n) is 5.72. The third-order valence-corrected chi connectivity index (χ3v) is 1.66. The van der Waals surface area contributed by atoms with Crippen molar-refractivity contribution in [2.24, 2.45) is 5.14 Å². The zero-order chi connectivity index (χ0) is 7.49. The Labute approximate surface area is 56.3 Å². The van der Waals surface area contributed by atoms with Gasteiger partial charge in [-0.2, -0.15) is 0 Å². The van der Waals surface area contributed by atoms with E-state index in [-0.39, 0.29) is 5.75 Å². The quantitative estimate of drug-likeness (QED) is 0.628. The fraction of sp³-hybridized carbons (Fsp3) is 0.800. The van der Waals surface area contributed by atoms with E-state index in [4.69, 9.17) is 5.14 Å². The molecule has 0 aromatic heterocycles. The van der Waals surface area contributed by atoms with Crippen LogP contribution in [0.4, 0.5) is 0 Å². The van der Waals surface area contributed by atoms with Gasteiger partial charge in [-0.25, -0.2) is 13.6 Å². The monoisotopic (exact) mass is 150 g/mol. The van der Waals surface area contributed by atoms with Crippen molar-refractivity contribution in [3.05, 3.63) is 5.92 Å². The van der Waals surface area contributed by atoms with Gasteiger partial charge in [0.15, 0.2) is 0 Å². The number of nitrogens with two attached hydrogens (primary N) is 1. The molecule has 0 aliphatic rings. The third-order valence-electron chi connectivity index (χ3n) is 0.887. The summed E-state index contributed by atoms with van der Waals surface area (Å²) in [5, 5.41) is 4.74. The van der Waals surface area contributed by atoms with Crippen molar-refractivity contribution in [3.63, 3.8) is 0 Å². The molecule has 0 heterocycles. The van der Waals surface area contributed by atoms with Crippen molar-refractivity contribution < 1.29 is 8.42 Å². The van der Waals surface area contributed by atoms with E-state index in [1.807, 2.05) is 13.8 Å². The van der Waals surface area contributed by atoms with Gasteiger partial charge in [0.05, 0.1) is 5.75 Å². The van der Waals surface area contributed by atoms with Crippen LogP contribution in [0.1, 0.15) is 20.3 Å². The molecular weight excluding hydrogens is 138 g/mol. The number of hydrogen-bond acceptors (Lipinski definition) is 2. The minimum Gasteiger partial charge on any atom is -0.229 e. The fourth-order valence-electron chi connectivity index (χ4n) is 0.346. The Morgan fingerprint density at radius 1 is 1.44 bits per heavy atom. The van der Waals surface area contributed by atoms with Crippen LogP contribution in [0.2, 0.25) is 0 Å². The van der Waals surface area contributed by atoms with Gasteiger partial charge in [0.1, 0.15) is 0 Å². The van der Waals surface area contributed by atoms with E-state index < -0.39 is 10.0 Å². The van der Waals surface area contributed by atoms with Crippen molar-refractivity contribution >= 4 is 10.0 Å². The lowest BCUT2D eigenvalue weighted by Crippen LogP contribution is -2.17. The van der Waals surface area contributed by atoms with Crippen molar-refractivity contribution in [1.29, 1.82) is 0 Å². The summed E-state index contributed by atoms with van der Waals surface area (Å²) in [5.41, 5.74) is 0. The van der Waals surface area contributed by atoms with Crippen molar-refractivity contribution in [3.8, 4) is 0 Å². The van der Waals surface area contributed by atoms with E-state index in [0.717, 1.165) is 5.92 Å². The number of primary sulfonamides is 1. The van der Waals surface area contributed by atoms with Crippen LogP contribution < -0.4 is 5.14 Å². The van der Waals surface area contributed by atoms with Crippen molar-refractivity contribution in [1.82, 2.24) is 0 Å². The fourth-order valence-corrected chi connectivity index (χ4v) is 1.04. The van der Waals surface area contributed by atoms with Gasteiger partial charge in [-0.05, 0) is 12.3 Å². The van der Waals surface area contributed by atoms with Gasteiger partial charge < -0.3 is 0 Å². The van der Waals surface area contributed by atoms with E-state index in [1.165, 1.54) is 0 Å². The van der Waals surface area contributed by atoms with Crippen LogP contribution in [-0.2, 0) is 10.0 Å². The molecule has 0 saturated carbocycles. The molecule has 0 aliphatic carbocycles. The summed E-state index contributed by atoms with van der Waals surface area (Å²) < 4.78 is 20.6. The second-order valence-corrected chi connectivity index (χ2v) is 4.06. The Kier molecular flexibility index (Phi) is 3.14. The number of rotatable bonds is 3. The largest absolute Gasteiger partial charge is 0.229 e. The van der Waals surface area contributed by atoms with Gasteiger partial charge in [-0.15, -0.1) is 0 Å². The predicted octanol–water partition coefficient (Wildman–Crippen LogP) is 0.279. The molecule has 0 aromatic rings. The lowest BCUT2D eigenvalue weighted by atomic mass is 10.2. The van der Waals surface area contributed by atoms with Gasteiger partial charge in [-0.1, -0.05) is 13.8 Å².